The molecule has 0 aliphatic carbocycles. The number of rotatable bonds is 16. The van der Waals surface area contributed by atoms with Crippen molar-refractivity contribution < 1.29 is 24.0 Å². The van der Waals surface area contributed by atoms with Gasteiger partial charge in [-0.25, -0.2) is 0 Å². The number of nitriles is 1. The van der Waals surface area contributed by atoms with Gasteiger partial charge < -0.3 is 14.7 Å². The second kappa shape index (κ2) is 15.9. The third kappa shape index (κ3) is 7.37. The number of allylic oxidation sites excluding steroid dienone is 5. The van der Waals surface area contributed by atoms with Crippen LogP contribution in [0.4, 0.5) is 5.69 Å². The summed E-state index contributed by atoms with van der Waals surface area (Å²) in [6.07, 6.45) is 13.9. The van der Waals surface area contributed by atoms with Gasteiger partial charge in [-0.2, -0.15) is 9.83 Å². The van der Waals surface area contributed by atoms with Crippen LogP contribution in [0.1, 0.15) is 74.9 Å². The SMILES string of the molecule is CCCCC1(CCCC)C(=CC=C(C#N)C=Cc2sc3cc4ccccc4cc3[n+]2CCOC=O)N(CCC(=O)O)c2ccc(C)cc21. The number of fused-ring (bicyclic) bond motifs is 3. The molecule has 1 aromatic heterocycles. The summed E-state index contributed by atoms with van der Waals surface area (Å²) in [7, 11) is 0. The molecule has 0 radical (unpaired) electrons. The lowest BCUT2D eigenvalue weighted by molar-refractivity contribution is -0.669. The van der Waals surface area contributed by atoms with Crippen LogP contribution >= 0.6 is 11.3 Å². The molecular formula is C40H44N3O4S+. The normalized spacial score (nSPS) is 15.0. The Morgan fingerprint density at radius 1 is 1.08 bits per heavy atom. The molecule has 248 valence electrons. The highest BCUT2D eigenvalue weighted by Gasteiger charge is 2.46. The summed E-state index contributed by atoms with van der Waals surface area (Å²) in [4.78, 5) is 24.9. The zero-order valence-corrected chi connectivity index (χ0v) is 28.9. The van der Waals surface area contributed by atoms with Gasteiger partial charge in [0.15, 0.2) is 6.54 Å². The van der Waals surface area contributed by atoms with E-state index in [1.165, 1.54) is 11.1 Å². The summed E-state index contributed by atoms with van der Waals surface area (Å²) in [5.74, 6) is -0.832. The molecule has 0 spiro atoms. The average Bonchev–Trinajstić information content (AvgIpc) is 3.55. The van der Waals surface area contributed by atoms with E-state index in [0.29, 0.717) is 25.1 Å². The molecule has 0 atom stereocenters. The number of unbranched alkanes of at least 4 members (excludes halogenated alkanes) is 2. The number of hydrogen-bond acceptors (Lipinski definition) is 6. The number of ether oxygens (including phenoxy) is 1. The van der Waals surface area contributed by atoms with Gasteiger partial charge in [0.1, 0.15) is 11.3 Å². The molecule has 5 rings (SSSR count). The van der Waals surface area contributed by atoms with E-state index in [1.807, 2.05) is 30.4 Å². The van der Waals surface area contributed by atoms with E-state index in [1.54, 1.807) is 11.3 Å². The Morgan fingerprint density at radius 2 is 1.81 bits per heavy atom. The monoisotopic (exact) mass is 662 g/mol. The van der Waals surface area contributed by atoms with Gasteiger partial charge in [0.2, 0.25) is 5.52 Å². The number of benzene rings is 3. The second-order valence-electron chi connectivity index (χ2n) is 12.5. The minimum absolute atomic E-state index is 0.0196. The number of anilines is 1. The summed E-state index contributed by atoms with van der Waals surface area (Å²) in [6, 6.07) is 21.4. The molecule has 48 heavy (non-hydrogen) atoms. The van der Waals surface area contributed by atoms with Crippen LogP contribution in [0.5, 0.6) is 0 Å². The highest BCUT2D eigenvalue weighted by atomic mass is 32.1. The van der Waals surface area contributed by atoms with Crippen LogP contribution < -0.4 is 9.47 Å². The fourth-order valence-electron chi connectivity index (χ4n) is 6.89. The van der Waals surface area contributed by atoms with Crippen LogP contribution in [0.2, 0.25) is 0 Å². The predicted octanol–water partition coefficient (Wildman–Crippen LogP) is 8.78. The molecule has 0 fully saturated rings. The minimum atomic E-state index is -0.832. The van der Waals surface area contributed by atoms with Crippen molar-refractivity contribution in [2.75, 3.05) is 18.1 Å². The summed E-state index contributed by atoms with van der Waals surface area (Å²) in [5, 5.41) is 23.2. The summed E-state index contributed by atoms with van der Waals surface area (Å²) in [6.45, 7) is 8.08. The first kappa shape index (κ1) is 34.6. The van der Waals surface area contributed by atoms with Gasteiger partial charge in [-0.15, -0.1) is 0 Å². The van der Waals surface area contributed by atoms with Crippen molar-refractivity contribution in [3.63, 3.8) is 0 Å². The molecule has 8 heteroatoms. The number of carboxylic acids is 1. The maximum Gasteiger partial charge on any atom is 0.305 e. The summed E-state index contributed by atoms with van der Waals surface area (Å²) < 4.78 is 8.30. The van der Waals surface area contributed by atoms with Crippen LogP contribution in [0.25, 0.3) is 27.1 Å². The van der Waals surface area contributed by atoms with E-state index in [-0.39, 0.29) is 18.4 Å². The van der Waals surface area contributed by atoms with Gasteiger partial charge in [0.25, 0.3) is 11.5 Å². The molecule has 1 aliphatic rings. The highest BCUT2D eigenvalue weighted by Crippen LogP contribution is 2.54. The van der Waals surface area contributed by atoms with E-state index in [4.69, 9.17) is 4.74 Å². The Morgan fingerprint density at radius 3 is 2.48 bits per heavy atom. The van der Waals surface area contributed by atoms with Crippen LogP contribution in [-0.4, -0.2) is 30.7 Å². The van der Waals surface area contributed by atoms with Gasteiger partial charge in [0, 0.05) is 35.5 Å². The second-order valence-corrected chi connectivity index (χ2v) is 13.5. The third-order valence-electron chi connectivity index (χ3n) is 9.26. The molecule has 0 amide bonds. The van der Waals surface area contributed by atoms with E-state index in [9.17, 15) is 20.0 Å². The fraction of sp³-hybridized carbons (Fsp3) is 0.350. The van der Waals surface area contributed by atoms with E-state index < -0.39 is 5.97 Å². The Hall–Kier alpha value is -4.74. The van der Waals surface area contributed by atoms with Crippen molar-refractivity contribution in [1.82, 2.24) is 0 Å². The van der Waals surface area contributed by atoms with Gasteiger partial charge >= 0.3 is 5.97 Å². The van der Waals surface area contributed by atoms with Crippen LogP contribution in [0.3, 0.4) is 0 Å². The van der Waals surface area contributed by atoms with Crippen LogP contribution in [0, 0.1) is 18.3 Å². The molecular weight excluding hydrogens is 619 g/mol. The van der Waals surface area contributed by atoms with Gasteiger partial charge in [-0.3, -0.25) is 9.59 Å². The molecule has 7 nitrogen and oxygen atoms in total. The van der Waals surface area contributed by atoms with Crippen molar-refractivity contribution in [1.29, 1.82) is 5.26 Å². The van der Waals surface area contributed by atoms with Crippen molar-refractivity contribution >= 4 is 56.5 Å². The Labute approximate surface area is 287 Å². The van der Waals surface area contributed by atoms with Crippen molar-refractivity contribution in [2.45, 2.75) is 77.7 Å². The number of aryl methyl sites for hydroxylation is 1. The van der Waals surface area contributed by atoms with Gasteiger partial charge in [0.05, 0.1) is 18.1 Å². The Kier molecular flexibility index (Phi) is 11.5. The first-order chi connectivity index (χ1) is 23.3. The average molecular weight is 663 g/mol. The van der Waals surface area contributed by atoms with Crippen LogP contribution in [0.15, 0.2) is 84.1 Å². The topological polar surface area (TPSA) is 94.5 Å². The standard InChI is InChI=1S/C40H43N3O4S/c1-4-6-19-40(20-7-5-2)33-24-29(3)12-15-34(33)42(21-18-39(45)46)37(40)16-13-30(27-41)14-17-38-43(22-23-47-28-44)35-25-31-10-8-9-11-32(31)26-36(35)48-38/h8-17,24-26,28H,4-7,18-23H2,1-3H3/p+1. The largest absolute Gasteiger partial charge is 0.481 e. The highest BCUT2D eigenvalue weighted by molar-refractivity contribution is 7.19. The quantitative estimate of drug-likeness (QED) is 0.0424. The fourth-order valence-corrected chi connectivity index (χ4v) is 8.01. The van der Waals surface area contributed by atoms with E-state index >= 15 is 0 Å². The number of carbonyl (C=O) groups excluding carboxylic acids is 1. The lowest BCUT2D eigenvalue weighted by Crippen LogP contribution is -2.37. The maximum absolute atomic E-state index is 11.8. The van der Waals surface area contributed by atoms with Crippen molar-refractivity contribution in [2.24, 2.45) is 0 Å². The summed E-state index contributed by atoms with van der Waals surface area (Å²) in [5.41, 5.74) is 5.86. The Bertz CT molecular complexity index is 1920. The molecule has 0 bridgehead atoms. The van der Waals surface area contributed by atoms with Crippen molar-refractivity contribution in [3.05, 3.63) is 100 Å². The molecule has 4 aromatic rings. The van der Waals surface area contributed by atoms with E-state index in [0.717, 1.165) is 75.9 Å². The lowest BCUT2D eigenvalue weighted by Gasteiger charge is -2.34. The molecule has 0 saturated heterocycles. The van der Waals surface area contributed by atoms with Crippen molar-refractivity contribution in [3.8, 4) is 6.07 Å². The lowest BCUT2D eigenvalue weighted by atomic mass is 9.71. The number of hydrogen-bond donors (Lipinski definition) is 1. The number of carbonyl (C=O) groups is 2. The van der Waals surface area contributed by atoms with Gasteiger partial charge in [-0.05, 0) is 66.5 Å². The van der Waals surface area contributed by atoms with E-state index in [2.05, 4.69) is 84.8 Å². The predicted molar refractivity (Wildman–Crippen MR) is 194 cm³/mol. The molecule has 0 saturated carbocycles. The molecule has 1 aliphatic heterocycles. The maximum atomic E-state index is 11.8. The number of nitrogens with zero attached hydrogens (tertiary/aromatic N) is 3. The number of aliphatic carboxylic acids is 1. The molecule has 0 unspecified atom stereocenters. The van der Waals surface area contributed by atoms with Gasteiger partial charge in [-0.1, -0.05) is 92.8 Å². The third-order valence-corrected chi connectivity index (χ3v) is 10.4. The molecule has 1 N–H and O–H groups in total. The Balaban J connectivity index is 1.59. The first-order valence-corrected chi connectivity index (χ1v) is 17.7. The minimum Gasteiger partial charge on any atom is -0.481 e. The number of carboxylic acid groups (broad SMARTS) is 1. The number of aromatic nitrogens is 1. The first-order valence-electron chi connectivity index (χ1n) is 16.9. The smallest absolute Gasteiger partial charge is 0.305 e. The summed E-state index contributed by atoms with van der Waals surface area (Å²) >= 11 is 1.63. The van der Waals surface area contributed by atoms with Crippen LogP contribution in [-0.2, 0) is 26.3 Å². The zero-order valence-electron chi connectivity index (χ0n) is 28.1. The zero-order chi connectivity index (χ0) is 34.1. The molecule has 2 heterocycles. The number of thiazole rings is 1. The molecule has 3 aromatic carbocycles.